The highest BCUT2D eigenvalue weighted by atomic mass is 19.1. The number of carbonyl (C=O) groups is 1. The minimum atomic E-state index is -1.62. The smallest absolute Gasteiger partial charge is 0.258 e. The van der Waals surface area contributed by atoms with Gasteiger partial charge in [-0.15, -0.1) is 0 Å². The van der Waals surface area contributed by atoms with Gasteiger partial charge in [-0.1, -0.05) is 12.1 Å². The molecule has 0 fully saturated rings. The Bertz CT molecular complexity index is 919. The maximum absolute atomic E-state index is 13.0. The van der Waals surface area contributed by atoms with Crippen LogP contribution in [-0.2, 0) is 16.0 Å². The molecule has 3 N–H and O–H groups in total. The summed E-state index contributed by atoms with van der Waals surface area (Å²) in [7, 11) is 1.42. The fourth-order valence-electron chi connectivity index (χ4n) is 2.63. The molecule has 1 atom stereocenters. The van der Waals surface area contributed by atoms with Crippen LogP contribution in [0.3, 0.4) is 0 Å². The molecule has 0 aliphatic rings. The first-order valence-electron chi connectivity index (χ1n) is 8.13. The topological polar surface area (TPSA) is 87.2 Å². The molecule has 2 aromatic carbocycles. The van der Waals surface area contributed by atoms with Gasteiger partial charge in [0.15, 0.2) is 5.60 Å². The summed E-state index contributed by atoms with van der Waals surface area (Å²) >= 11 is 0. The molecule has 0 aliphatic heterocycles. The fraction of sp³-hybridized carbons (Fsp3) is 0.263. The molecular formula is C19H20FN3O3. The lowest BCUT2D eigenvalue weighted by Crippen LogP contribution is -2.43. The molecule has 26 heavy (non-hydrogen) atoms. The van der Waals surface area contributed by atoms with Crippen molar-refractivity contribution in [1.82, 2.24) is 9.97 Å². The summed E-state index contributed by atoms with van der Waals surface area (Å²) in [6, 6.07) is 11.5. The second-order valence-electron chi connectivity index (χ2n) is 6.38. The normalized spacial score (nSPS) is 13.5. The number of benzene rings is 2. The molecule has 136 valence electrons. The summed E-state index contributed by atoms with van der Waals surface area (Å²) in [4.78, 5) is 19.8. The molecule has 7 heteroatoms. The van der Waals surface area contributed by atoms with Crippen LogP contribution in [0.25, 0.3) is 11.0 Å². The number of fused-ring (bicyclic) bond motifs is 1. The van der Waals surface area contributed by atoms with E-state index in [0.717, 1.165) is 22.4 Å². The number of nitrogens with zero attached hydrogens (tertiary/aromatic N) is 1. The molecule has 0 aliphatic carbocycles. The Morgan fingerprint density at radius 2 is 2.04 bits per heavy atom. The molecule has 0 spiro atoms. The van der Waals surface area contributed by atoms with Crippen LogP contribution < -0.4 is 5.32 Å². The second-order valence-corrected chi connectivity index (χ2v) is 6.38. The Morgan fingerprint density at radius 3 is 2.73 bits per heavy atom. The third-order valence-corrected chi connectivity index (χ3v) is 3.99. The van der Waals surface area contributed by atoms with E-state index in [2.05, 4.69) is 15.3 Å². The van der Waals surface area contributed by atoms with Crippen molar-refractivity contribution in [1.29, 1.82) is 0 Å². The van der Waals surface area contributed by atoms with Crippen molar-refractivity contribution >= 4 is 22.6 Å². The van der Waals surface area contributed by atoms with Crippen LogP contribution >= 0.6 is 0 Å². The van der Waals surface area contributed by atoms with E-state index in [1.807, 2.05) is 0 Å². The van der Waals surface area contributed by atoms with Crippen molar-refractivity contribution in [2.45, 2.75) is 18.9 Å². The predicted molar refractivity (Wildman–Crippen MR) is 96.4 cm³/mol. The lowest BCUT2D eigenvalue weighted by molar-refractivity contribution is -0.137. The molecule has 0 saturated carbocycles. The van der Waals surface area contributed by atoms with Gasteiger partial charge in [0.2, 0.25) is 0 Å². The third kappa shape index (κ3) is 4.07. The number of halogens is 1. The largest absolute Gasteiger partial charge is 0.381 e. The molecule has 0 saturated heterocycles. The lowest BCUT2D eigenvalue weighted by atomic mass is 10.1. The van der Waals surface area contributed by atoms with Gasteiger partial charge in [-0.2, -0.15) is 0 Å². The van der Waals surface area contributed by atoms with Gasteiger partial charge in [0, 0.05) is 19.2 Å². The van der Waals surface area contributed by atoms with E-state index < -0.39 is 11.5 Å². The molecule has 0 bridgehead atoms. The summed E-state index contributed by atoms with van der Waals surface area (Å²) in [5.74, 6) is -0.0886. The molecule has 3 aromatic rings. The number of nitrogens with one attached hydrogen (secondary N) is 2. The van der Waals surface area contributed by atoms with Crippen molar-refractivity contribution in [3.8, 4) is 0 Å². The maximum atomic E-state index is 13.0. The monoisotopic (exact) mass is 357 g/mol. The highest BCUT2D eigenvalue weighted by Gasteiger charge is 2.30. The van der Waals surface area contributed by atoms with Crippen LogP contribution in [-0.4, -0.2) is 40.3 Å². The number of anilines is 1. The number of carbonyl (C=O) groups excluding carboxylic acids is 1. The number of rotatable bonds is 6. The minimum Gasteiger partial charge on any atom is -0.381 e. The number of ether oxygens (including phenoxy) is 1. The van der Waals surface area contributed by atoms with Crippen LogP contribution in [0.15, 0.2) is 42.5 Å². The van der Waals surface area contributed by atoms with Gasteiger partial charge in [-0.3, -0.25) is 4.79 Å². The maximum Gasteiger partial charge on any atom is 0.258 e. The predicted octanol–water partition coefficient (Wildman–Crippen LogP) is 2.63. The van der Waals surface area contributed by atoms with E-state index in [0.29, 0.717) is 12.1 Å². The first kappa shape index (κ1) is 18.0. The second kappa shape index (κ2) is 7.23. The Labute approximate surface area is 150 Å². The van der Waals surface area contributed by atoms with Crippen LogP contribution in [0.4, 0.5) is 10.1 Å². The summed E-state index contributed by atoms with van der Waals surface area (Å²) in [6.07, 6.45) is 0.541. The van der Waals surface area contributed by atoms with Gasteiger partial charge in [0.25, 0.3) is 5.91 Å². The highest BCUT2D eigenvalue weighted by Crippen LogP contribution is 2.20. The highest BCUT2D eigenvalue weighted by molar-refractivity contribution is 5.98. The number of aromatic amines is 1. The average Bonchev–Trinajstić information content (AvgIpc) is 2.98. The van der Waals surface area contributed by atoms with Gasteiger partial charge >= 0.3 is 0 Å². The SMILES string of the molecule is COCC(C)(O)C(=O)Nc1ccc2nc(Cc3ccc(F)cc3)[nH]c2c1. The number of amides is 1. The van der Waals surface area contributed by atoms with Gasteiger partial charge in [0.05, 0.1) is 17.6 Å². The summed E-state index contributed by atoms with van der Waals surface area (Å²) in [6.45, 7) is 1.29. The summed E-state index contributed by atoms with van der Waals surface area (Å²) in [5, 5.41) is 12.7. The Balaban J connectivity index is 1.77. The van der Waals surface area contributed by atoms with Crippen LogP contribution in [0.5, 0.6) is 0 Å². The first-order valence-corrected chi connectivity index (χ1v) is 8.13. The molecule has 1 amide bonds. The van der Waals surface area contributed by atoms with E-state index in [-0.39, 0.29) is 12.4 Å². The van der Waals surface area contributed by atoms with Crippen molar-refractivity contribution in [3.05, 3.63) is 59.7 Å². The van der Waals surface area contributed by atoms with E-state index in [9.17, 15) is 14.3 Å². The van der Waals surface area contributed by atoms with E-state index >= 15 is 0 Å². The van der Waals surface area contributed by atoms with Crippen LogP contribution in [0.1, 0.15) is 18.3 Å². The first-order chi connectivity index (χ1) is 12.4. The van der Waals surface area contributed by atoms with Crippen LogP contribution in [0, 0.1) is 5.82 Å². The lowest BCUT2D eigenvalue weighted by Gasteiger charge is -2.21. The van der Waals surface area contributed by atoms with Crippen molar-refractivity contribution in [2.24, 2.45) is 0 Å². The quantitative estimate of drug-likeness (QED) is 0.633. The molecule has 0 radical (unpaired) electrons. The summed E-state index contributed by atoms with van der Waals surface area (Å²) in [5.41, 5.74) is 1.37. The number of aromatic nitrogens is 2. The number of imidazole rings is 1. The van der Waals surface area contributed by atoms with Gasteiger partial charge in [-0.05, 0) is 42.8 Å². The molecule has 3 rings (SSSR count). The molecule has 1 heterocycles. The zero-order chi connectivity index (χ0) is 18.7. The Kier molecular flexibility index (Phi) is 5.01. The number of aliphatic hydroxyl groups is 1. The van der Waals surface area contributed by atoms with Gasteiger partial charge in [0.1, 0.15) is 11.6 Å². The molecular weight excluding hydrogens is 337 g/mol. The van der Waals surface area contributed by atoms with E-state index in [4.69, 9.17) is 4.74 Å². The fourth-order valence-corrected chi connectivity index (χ4v) is 2.63. The van der Waals surface area contributed by atoms with E-state index in [1.54, 1.807) is 30.3 Å². The zero-order valence-electron chi connectivity index (χ0n) is 14.5. The van der Waals surface area contributed by atoms with Crippen LogP contribution in [0.2, 0.25) is 0 Å². The number of hydrogen-bond acceptors (Lipinski definition) is 4. The summed E-state index contributed by atoms with van der Waals surface area (Å²) < 4.78 is 17.8. The van der Waals surface area contributed by atoms with Crippen molar-refractivity contribution in [3.63, 3.8) is 0 Å². The standard InChI is InChI=1S/C19H20FN3O3/c1-19(25,11-26-2)18(24)21-14-7-8-15-16(10-14)23-17(22-15)9-12-3-5-13(20)6-4-12/h3-8,10,25H,9,11H2,1-2H3,(H,21,24)(H,22,23). The number of methoxy groups -OCH3 is 1. The van der Waals surface area contributed by atoms with Gasteiger partial charge < -0.3 is 20.1 Å². The zero-order valence-corrected chi connectivity index (χ0v) is 14.5. The molecule has 6 nitrogen and oxygen atoms in total. The molecule has 1 unspecified atom stereocenters. The average molecular weight is 357 g/mol. The minimum absolute atomic E-state index is 0.104. The van der Waals surface area contributed by atoms with E-state index in [1.165, 1.54) is 26.2 Å². The Hall–Kier alpha value is -2.77. The Morgan fingerprint density at radius 1 is 1.31 bits per heavy atom. The van der Waals surface area contributed by atoms with Gasteiger partial charge in [-0.25, -0.2) is 9.37 Å². The van der Waals surface area contributed by atoms with Crippen molar-refractivity contribution < 1.29 is 19.0 Å². The third-order valence-electron chi connectivity index (χ3n) is 3.99. The number of H-pyrrole nitrogens is 1. The van der Waals surface area contributed by atoms with Crippen molar-refractivity contribution in [2.75, 3.05) is 19.0 Å². The number of hydrogen-bond donors (Lipinski definition) is 3. The molecule has 1 aromatic heterocycles.